The second-order valence-electron chi connectivity index (χ2n) is 4.00. The molecule has 5 nitrogen and oxygen atoms in total. The number of carbonyl (C=O) groups is 1. The molecule has 0 saturated heterocycles. The van der Waals surface area contributed by atoms with E-state index in [1.54, 1.807) is 26.2 Å². The molecule has 0 spiro atoms. The third kappa shape index (κ3) is 3.96. The van der Waals surface area contributed by atoms with Crippen LogP contribution in [0.5, 0.6) is 11.5 Å². The van der Waals surface area contributed by atoms with Crippen LogP contribution in [-0.4, -0.2) is 41.7 Å². The maximum absolute atomic E-state index is 11.3. The first kappa shape index (κ1) is 13.3. The molecular weight excluding hydrogens is 220 g/mol. The Morgan fingerprint density at radius 1 is 1.35 bits per heavy atom. The number of rotatable bonds is 5. The molecule has 1 amide bonds. The van der Waals surface area contributed by atoms with Crippen molar-refractivity contribution in [3.8, 4) is 11.5 Å². The number of phenols is 2. The fourth-order valence-electron chi connectivity index (χ4n) is 1.36. The Bertz CT molecular complexity index is 391. The average Bonchev–Trinajstić information content (AvgIpc) is 2.29. The van der Waals surface area contributed by atoms with E-state index in [1.807, 2.05) is 0 Å². The largest absolute Gasteiger partial charge is 0.504 e. The van der Waals surface area contributed by atoms with Crippen LogP contribution in [0.2, 0.25) is 0 Å². The summed E-state index contributed by atoms with van der Waals surface area (Å²) < 4.78 is 0. The highest BCUT2D eigenvalue weighted by atomic mass is 16.3. The second kappa shape index (κ2) is 6.10. The molecule has 0 unspecified atom stereocenters. The summed E-state index contributed by atoms with van der Waals surface area (Å²) in [4.78, 5) is 12.8. The SMILES string of the molecule is CN(C)C(=O)CCNCc1cccc(O)c1O. The van der Waals surface area contributed by atoms with Crippen molar-refractivity contribution in [1.82, 2.24) is 10.2 Å². The summed E-state index contributed by atoms with van der Waals surface area (Å²) in [7, 11) is 3.42. The van der Waals surface area contributed by atoms with Gasteiger partial charge >= 0.3 is 0 Å². The second-order valence-corrected chi connectivity index (χ2v) is 4.00. The van der Waals surface area contributed by atoms with E-state index < -0.39 is 0 Å². The van der Waals surface area contributed by atoms with Crippen LogP contribution in [0.25, 0.3) is 0 Å². The van der Waals surface area contributed by atoms with Crippen molar-refractivity contribution >= 4 is 5.91 Å². The number of para-hydroxylation sites is 1. The number of nitrogens with zero attached hydrogens (tertiary/aromatic N) is 1. The van der Waals surface area contributed by atoms with Gasteiger partial charge in [-0.05, 0) is 6.07 Å². The molecule has 3 N–H and O–H groups in total. The van der Waals surface area contributed by atoms with Crippen LogP contribution in [0.1, 0.15) is 12.0 Å². The van der Waals surface area contributed by atoms with Gasteiger partial charge in [0, 0.05) is 39.2 Å². The molecule has 0 aliphatic carbocycles. The Kier molecular flexibility index (Phi) is 4.78. The highest BCUT2D eigenvalue weighted by Crippen LogP contribution is 2.27. The maximum atomic E-state index is 11.3. The number of aromatic hydroxyl groups is 2. The van der Waals surface area contributed by atoms with Gasteiger partial charge in [0.2, 0.25) is 5.91 Å². The lowest BCUT2D eigenvalue weighted by Gasteiger charge is -2.11. The van der Waals surface area contributed by atoms with Gasteiger partial charge < -0.3 is 20.4 Å². The van der Waals surface area contributed by atoms with E-state index in [2.05, 4.69) is 5.32 Å². The minimum absolute atomic E-state index is 0.0534. The minimum Gasteiger partial charge on any atom is -0.504 e. The van der Waals surface area contributed by atoms with Crippen molar-refractivity contribution in [2.24, 2.45) is 0 Å². The van der Waals surface area contributed by atoms with E-state index in [9.17, 15) is 15.0 Å². The molecular formula is C12H18N2O3. The molecule has 5 heteroatoms. The zero-order chi connectivity index (χ0) is 12.8. The van der Waals surface area contributed by atoms with Crippen LogP contribution in [0.3, 0.4) is 0 Å². The lowest BCUT2D eigenvalue weighted by molar-refractivity contribution is -0.128. The Labute approximate surface area is 101 Å². The molecule has 0 aromatic heterocycles. The third-order valence-corrected chi connectivity index (χ3v) is 2.43. The molecule has 0 aliphatic heterocycles. The van der Waals surface area contributed by atoms with Crippen molar-refractivity contribution in [2.45, 2.75) is 13.0 Å². The first-order chi connectivity index (χ1) is 8.02. The van der Waals surface area contributed by atoms with Crippen LogP contribution < -0.4 is 5.32 Å². The molecule has 0 aliphatic rings. The first-order valence-corrected chi connectivity index (χ1v) is 5.43. The highest BCUT2D eigenvalue weighted by Gasteiger charge is 2.06. The summed E-state index contributed by atoms with van der Waals surface area (Å²) >= 11 is 0. The summed E-state index contributed by atoms with van der Waals surface area (Å²) in [5.41, 5.74) is 0.613. The van der Waals surface area contributed by atoms with Crippen LogP contribution in [0.15, 0.2) is 18.2 Å². The van der Waals surface area contributed by atoms with Crippen LogP contribution in [0.4, 0.5) is 0 Å². The lowest BCUT2D eigenvalue weighted by Crippen LogP contribution is -2.26. The van der Waals surface area contributed by atoms with Gasteiger partial charge in [-0.2, -0.15) is 0 Å². The van der Waals surface area contributed by atoms with Crippen molar-refractivity contribution in [3.63, 3.8) is 0 Å². The van der Waals surface area contributed by atoms with Gasteiger partial charge in [-0.1, -0.05) is 12.1 Å². The van der Waals surface area contributed by atoms with Gasteiger partial charge in [0.25, 0.3) is 0 Å². The monoisotopic (exact) mass is 238 g/mol. The van der Waals surface area contributed by atoms with E-state index in [1.165, 1.54) is 11.0 Å². The molecule has 1 aromatic rings. The number of benzene rings is 1. The quantitative estimate of drug-likeness (QED) is 0.520. The minimum atomic E-state index is -0.131. The highest BCUT2D eigenvalue weighted by molar-refractivity contribution is 5.75. The topological polar surface area (TPSA) is 72.8 Å². The zero-order valence-corrected chi connectivity index (χ0v) is 10.1. The molecule has 0 atom stereocenters. The molecule has 0 heterocycles. The van der Waals surface area contributed by atoms with Gasteiger partial charge in [-0.25, -0.2) is 0 Å². The first-order valence-electron chi connectivity index (χ1n) is 5.43. The maximum Gasteiger partial charge on any atom is 0.223 e. The molecule has 0 bridgehead atoms. The van der Waals surface area contributed by atoms with Gasteiger partial charge in [0.1, 0.15) is 0 Å². The molecule has 0 saturated carbocycles. The normalized spacial score (nSPS) is 10.2. The van der Waals surface area contributed by atoms with Crippen molar-refractivity contribution in [1.29, 1.82) is 0 Å². The predicted octanol–water partition coefficient (Wildman–Crippen LogP) is 0.666. The fourth-order valence-corrected chi connectivity index (χ4v) is 1.36. The van der Waals surface area contributed by atoms with Crippen LogP contribution in [0, 0.1) is 0 Å². The summed E-state index contributed by atoms with van der Waals surface area (Å²) in [6.07, 6.45) is 0.409. The fraction of sp³-hybridized carbons (Fsp3) is 0.417. The number of phenolic OH excluding ortho intramolecular Hbond substituents is 2. The summed E-state index contributed by atoms with van der Waals surface area (Å²) in [5, 5.41) is 21.8. The number of carbonyl (C=O) groups excluding carboxylic acids is 1. The predicted molar refractivity (Wildman–Crippen MR) is 64.8 cm³/mol. The standard InChI is InChI=1S/C12H18N2O3/c1-14(2)11(16)6-7-13-8-9-4-3-5-10(15)12(9)17/h3-5,13,15,17H,6-8H2,1-2H3. The van der Waals surface area contributed by atoms with E-state index >= 15 is 0 Å². The number of hydrogen-bond acceptors (Lipinski definition) is 4. The number of hydrogen-bond donors (Lipinski definition) is 3. The third-order valence-electron chi connectivity index (χ3n) is 2.43. The van der Waals surface area contributed by atoms with E-state index in [4.69, 9.17) is 0 Å². The Morgan fingerprint density at radius 3 is 2.71 bits per heavy atom. The van der Waals surface area contributed by atoms with Crippen LogP contribution >= 0.6 is 0 Å². The Balaban J connectivity index is 2.36. The Morgan fingerprint density at radius 2 is 2.06 bits per heavy atom. The van der Waals surface area contributed by atoms with Crippen molar-refractivity contribution in [3.05, 3.63) is 23.8 Å². The van der Waals surface area contributed by atoms with Crippen molar-refractivity contribution in [2.75, 3.05) is 20.6 Å². The van der Waals surface area contributed by atoms with Gasteiger partial charge in [0.05, 0.1) is 0 Å². The lowest BCUT2D eigenvalue weighted by atomic mass is 10.2. The number of nitrogens with one attached hydrogen (secondary N) is 1. The average molecular weight is 238 g/mol. The molecule has 0 radical (unpaired) electrons. The summed E-state index contributed by atoms with van der Waals surface area (Å²) in [5.74, 6) is -0.190. The van der Waals surface area contributed by atoms with Gasteiger partial charge in [0.15, 0.2) is 11.5 Å². The smallest absolute Gasteiger partial charge is 0.223 e. The molecule has 1 rings (SSSR count). The van der Waals surface area contributed by atoms with Gasteiger partial charge in [-0.15, -0.1) is 0 Å². The molecule has 0 fully saturated rings. The van der Waals surface area contributed by atoms with Gasteiger partial charge in [-0.3, -0.25) is 4.79 Å². The molecule has 1 aromatic carbocycles. The van der Waals surface area contributed by atoms with E-state index in [0.29, 0.717) is 25.1 Å². The van der Waals surface area contributed by atoms with E-state index in [0.717, 1.165) is 0 Å². The zero-order valence-electron chi connectivity index (χ0n) is 10.1. The summed E-state index contributed by atoms with van der Waals surface area (Å²) in [6.45, 7) is 0.951. The Hall–Kier alpha value is -1.75. The molecule has 94 valence electrons. The van der Waals surface area contributed by atoms with Crippen LogP contribution in [-0.2, 0) is 11.3 Å². The summed E-state index contributed by atoms with van der Waals surface area (Å²) in [6, 6.07) is 4.81. The molecule has 17 heavy (non-hydrogen) atoms. The number of amides is 1. The van der Waals surface area contributed by atoms with Crippen molar-refractivity contribution < 1.29 is 15.0 Å². The van der Waals surface area contributed by atoms with E-state index in [-0.39, 0.29) is 17.4 Å².